The first-order valence-electron chi connectivity index (χ1n) is 6.34. The van der Waals surface area contributed by atoms with Crippen molar-refractivity contribution in [3.63, 3.8) is 0 Å². The lowest BCUT2D eigenvalue weighted by molar-refractivity contribution is 0.281. The molecule has 0 saturated heterocycles. The average Bonchev–Trinajstić information content (AvgIpc) is 2.48. The molecule has 1 heterocycles. The second kappa shape index (κ2) is 6.43. The zero-order valence-electron chi connectivity index (χ0n) is 11.4. The standard InChI is InChI=1S/C14H15ClN2O3S/c1-2-11-6-5-10(9-18)8-13(11)21(19,20)17-14-12(15)4-3-7-16-14/h3-8,18H,2,9H2,1H3,(H,16,17). The quantitative estimate of drug-likeness (QED) is 0.885. The fourth-order valence-corrected chi connectivity index (χ4v) is 3.50. The fourth-order valence-electron chi connectivity index (χ4n) is 1.88. The molecule has 7 heteroatoms. The third kappa shape index (κ3) is 3.53. The van der Waals surface area contributed by atoms with Crippen LogP contribution in [0.5, 0.6) is 0 Å². The SMILES string of the molecule is CCc1ccc(CO)cc1S(=O)(=O)Nc1ncccc1Cl. The largest absolute Gasteiger partial charge is 0.392 e. The Morgan fingerprint density at radius 3 is 2.71 bits per heavy atom. The number of aliphatic hydroxyl groups excluding tert-OH is 1. The van der Waals surface area contributed by atoms with Gasteiger partial charge in [-0.1, -0.05) is 30.7 Å². The topological polar surface area (TPSA) is 79.3 Å². The summed E-state index contributed by atoms with van der Waals surface area (Å²) in [6, 6.07) is 8.02. The van der Waals surface area contributed by atoms with Crippen molar-refractivity contribution in [2.24, 2.45) is 0 Å². The van der Waals surface area contributed by atoms with Crippen LogP contribution in [0.15, 0.2) is 41.4 Å². The molecule has 0 aliphatic heterocycles. The zero-order valence-corrected chi connectivity index (χ0v) is 12.9. The van der Waals surface area contributed by atoms with Gasteiger partial charge in [0, 0.05) is 6.20 Å². The summed E-state index contributed by atoms with van der Waals surface area (Å²) in [7, 11) is -3.82. The van der Waals surface area contributed by atoms with Crippen LogP contribution in [0.25, 0.3) is 0 Å². The first-order chi connectivity index (χ1) is 9.97. The van der Waals surface area contributed by atoms with Crippen LogP contribution >= 0.6 is 11.6 Å². The van der Waals surface area contributed by atoms with Crippen LogP contribution in [0.4, 0.5) is 5.82 Å². The van der Waals surface area contributed by atoms with E-state index in [0.29, 0.717) is 17.5 Å². The number of pyridine rings is 1. The Labute approximate surface area is 128 Å². The van der Waals surface area contributed by atoms with Crippen LogP contribution in [-0.4, -0.2) is 18.5 Å². The van der Waals surface area contributed by atoms with E-state index in [1.807, 2.05) is 6.92 Å². The highest BCUT2D eigenvalue weighted by Crippen LogP contribution is 2.24. The number of aliphatic hydroxyl groups is 1. The second-order valence-electron chi connectivity index (χ2n) is 4.39. The van der Waals surface area contributed by atoms with Crippen molar-refractivity contribution in [3.05, 3.63) is 52.7 Å². The van der Waals surface area contributed by atoms with E-state index in [-0.39, 0.29) is 22.3 Å². The summed E-state index contributed by atoms with van der Waals surface area (Å²) in [6.45, 7) is 1.64. The molecule has 2 N–H and O–H groups in total. The molecule has 0 aliphatic rings. The van der Waals surface area contributed by atoms with Crippen LogP contribution in [-0.2, 0) is 23.1 Å². The molecule has 5 nitrogen and oxygen atoms in total. The minimum Gasteiger partial charge on any atom is -0.392 e. The molecule has 2 aromatic rings. The van der Waals surface area contributed by atoms with E-state index in [9.17, 15) is 13.5 Å². The number of sulfonamides is 1. The van der Waals surface area contributed by atoms with E-state index >= 15 is 0 Å². The van der Waals surface area contributed by atoms with Crippen molar-refractivity contribution in [1.29, 1.82) is 0 Å². The normalized spacial score (nSPS) is 11.4. The predicted octanol–water partition coefficient (Wildman–Crippen LogP) is 2.59. The molecule has 112 valence electrons. The van der Waals surface area contributed by atoms with Gasteiger partial charge in [-0.25, -0.2) is 13.4 Å². The molecule has 0 amide bonds. The van der Waals surface area contributed by atoms with Gasteiger partial charge >= 0.3 is 0 Å². The van der Waals surface area contributed by atoms with Gasteiger partial charge in [0.1, 0.15) is 0 Å². The van der Waals surface area contributed by atoms with E-state index < -0.39 is 10.0 Å². The Bertz CT molecular complexity index is 748. The average molecular weight is 327 g/mol. The Morgan fingerprint density at radius 1 is 1.33 bits per heavy atom. The maximum Gasteiger partial charge on any atom is 0.263 e. The van der Waals surface area contributed by atoms with Gasteiger partial charge in [0.15, 0.2) is 5.82 Å². The van der Waals surface area contributed by atoms with Gasteiger partial charge in [0.25, 0.3) is 10.0 Å². The molecule has 0 aliphatic carbocycles. The maximum absolute atomic E-state index is 12.5. The Hall–Kier alpha value is -1.63. The third-order valence-electron chi connectivity index (χ3n) is 2.97. The first kappa shape index (κ1) is 15.8. The van der Waals surface area contributed by atoms with Gasteiger partial charge in [-0.2, -0.15) is 0 Å². The van der Waals surface area contributed by atoms with Gasteiger partial charge in [-0.05, 0) is 35.7 Å². The van der Waals surface area contributed by atoms with Crippen molar-refractivity contribution in [3.8, 4) is 0 Å². The molecular weight excluding hydrogens is 312 g/mol. The molecule has 21 heavy (non-hydrogen) atoms. The lowest BCUT2D eigenvalue weighted by Gasteiger charge is -2.12. The summed E-state index contributed by atoms with van der Waals surface area (Å²) >= 11 is 5.92. The molecule has 0 fully saturated rings. The smallest absolute Gasteiger partial charge is 0.263 e. The molecule has 1 aromatic heterocycles. The molecule has 0 bridgehead atoms. The van der Waals surface area contributed by atoms with E-state index in [0.717, 1.165) is 0 Å². The lowest BCUT2D eigenvalue weighted by atomic mass is 10.1. The minimum absolute atomic E-state index is 0.0793. The van der Waals surface area contributed by atoms with Crippen molar-refractivity contribution in [1.82, 2.24) is 4.98 Å². The molecule has 0 atom stereocenters. The summed E-state index contributed by atoms with van der Waals surface area (Å²) in [5.74, 6) is 0.0793. The van der Waals surface area contributed by atoms with E-state index in [1.54, 1.807) is 24.3 Å². The highest BCUT2D eigenvalue weighted by Gasteiger charge is 2.20. The summed E-state index contributed by atoms with van der Waals surface area (Å²) in [5, 5.41) is 9.40. The van der Waals surface area contributed by atoms with E-state index in [1.165, 1.54) is 12.3 Å². The Morgan fingerprint density at radius 2 is 2.10 bits per heavy atom. The molecule has 0 radical (unpaired) electrons. The van der Waals surface area contributed by atoms with Crippen molar-refractivity contribution in [2.45, 2.75) is 24.8 Å². The summed E-state index contributed by atoms with van der Waals surface area (Å²) in [6.07, 6.45) is 2.01. The van der Waals surface area contributed by atoms with Crippen LogP contribution in [0.2, 0.25) is 5.02 Å². The second-order valence-corrected chi connectivity index (χ2v) is 6.45. The molecule has 0 spiro atoms. The zero-order chi connectivity index (χ0) is 15.5. The van der Waals surface area contributed by atoms with Crippen LogP contribution in [0.1, 0.15) is 18.1 Å². The molecule has 0 saturated carbocycles. The maximum atomic E-state index is 12.5. The van der Waals surface area contributed by atoms with Crippen LogP contribution < -0.4 is 4.72 Å². The number of aryl methyl sites for hydroxylation is 1. The lowest BCUT2D eigenvalue weighted by Crippen LogP contribution is -2.16. The van der Waals surface area contributed by atoms with Gasteiger partial charge in [-0.3, -0.25) is 4.72 Å². The summed E-state index contributed by atoms with van der Waals surface area (Å²) in [4.78, 5) is 4.04. The molecule has 0 unspecified atom stereocenters. The number of anilines is 1. The first-order valence-corrected chi connectivity index (χ1v) is 8.20. The van der Waals surface area contributed by atoms with Crippen molar-refractivity contribution < 1.29 is 13.5 Å². The van der Waals surface area contributed by atoms with Crippen LogP contribution in [0.3, 0.4) is 0 Å². The van der Waals surface area contributed by atoms with E-state index in [2.05, 4.69) is 9.71 Å². The molecular formula is C14H15ClN2O3S. The fraction of sp³-hybridized carbons (Fsp3) is 0.214. The highest BCUT2D eigenvalue weighted by molar-refractivity contribution is 7.92. The van der Waals surface area contributed by atoms with Crippen molar-refractivity contribution >= 4 is 27.4 Å². The predicted molar refractivity (Wildman–Crippen MR) is 81.8 cm³/mol. The van der Waals surface area contributed by atoms with Gasteiger partial charge in [0.2, 0.25) is 0 Å². The Balaban J connectivity index is 2.46. The third-order valence-corrected chi connectivity index (χ3v) is 4.70. The van der Waals surface area contributed by atoms with Crippen LogP contribution in [0, 0.1) is 0 Å². The number of rotatable bonds is 5. The summed E-state index contributed by atoms with van der Waals surface area (Å²) in [5.41, 5.74) is 1.19. The Kier molecular flexibility index (Phi) is 4.82. The number of nitrogens with zero attached hydrogens (tertiary/aromatic N) is 1. The number of hydrogen-bond donors (Lipinski definition) is 2. The number of halogens is 1. The number of nitrogens with one attached hydrogen (secondary N) is 1. The molecule has 2 rings (SSSR count). The van der Waals surface area contributed by atoms with Crippen molar-refractivity contribution in [2.75, 3.05) is 4.72 Å². The summed E-state index contributed by atoms with van der Waals surface area (Å²) < 4.78 is 27.4. The minimum atomic E-state index is -3.82. The number of aromatic nitrogens is 1. The van der Waals surface area contributed by atoms with Gasteiger partial charge in [-0.15, -0.1) is 0 Å². The number of benzene rings is 1. The highest BCUT2D eigenvalue weighted by atomic mass is 35.5. The van der Waals surface area contributed by atoms with Gasteiger partial charge < -0.3 is 5.11 Å². The van der Waals surface area contributed by atoms with Gasteiger partial charge in [0.05, 0.1) is 16.5 Å². The number of hydrogen-bond acceptors (Lipinski definition) is 4. The van der Waals surface area contributed by atoms with E-state index in [4.69, 9.17) is 11.6 Å². The molecule has 1 aromatic carbocycles. The monoisotopic (exact) mass is 326 g/mol.